The van der Waals surface area contributed by atoms with Crippen LogP contribution in [-0.2, 0) is 0 Å². The summed E-state index contributed by atoms with van der Waals surface area (Å²) < 4.78 is 5.30. The van der Waals surface area contributed by atoms with Crippen molar-refractivity contribution in [3.63, 3.8) is 0 Å². The van der Waals surface area contributed by atoms with Gasteiger partial charge in [-0.05, 0) is 30.7 Å². The van der Waals surface area contributed by atoms with Crippen molar-refractivity contribution in [2.75, 3.05) is 7.11 Å². The quantitative estimate of drug-likeness (QED) is 0.714. The molecule has 0 unspecified atom stereocenters. The number of hydrogen-bond donors (Lipinski definition) is 2. The van der Waals surface area contributed by atoms with Crippen molar-refractivity contribution in [3.8, 4) is 11.6 Å². The summed E-state index contributed by atoms with van der Waals surface area (Å²) in [4.78, 5) is 7.40. The molecule has 0 aliphatic carbocycles. The van der Waals surface area contributed by atoms with Gasteiger partial charge < -0.3 is 14.8 Å². The standard InChI is InChI=1S/C17H16N2O2/c1-11-7-8-16(21-2)15(9-11)18-10-13-12-5-3-4-6-14(12)19-17(13)20/h3-10,19-20H,1-2H3. The van der Waals surface area contributed by atoms with Gasteiger partial charge in [0.2, 0.25) is 0 Å². The van der Waals surface area contributed by atoms with Crippen LogP contribution in [0.25, 0.3) is 10.9 Å². The first-order chi connectivity index (χ1) is 10.2. The zero-order chi connectivity index (χ0) is 14.8. The van der Waals surface area contributed by atoms with Gasteiger partial charge in [0.15, 0.2) is 5.88 Å². The fraction of sp³-hybridized carbons (Fsp3) is 0.118. The highest BCUT2D eigenvalue weighted by molar-refractivity contribution is 6.02. The van der Waals surface area contributed by atoms with Gasteiger partial charge in [0.05, 0.1) is 12.7 Å². The molecule has 3 rings (SSSR count). The van der Waals surface area contributed by atoms with Crippen LogP contribution in [0.4, 0.5) is 5.69 Å². The smallest absolute Gasteiger partial charge is 0.198 e. The van der Waals surface area contributed by atoms with Gasteiger partial charge in [0.25, 0.3) is 0 Å². The van der Waals surface area contributed by atoms with Crippen LogP contribution in [0.2, 0.25) is 0 Å². The summed E-state index contributed by atoms with van der Waals surface area (Å²) in [5.41, 5.74) is 3.40. The SMILES string of the molecule is COc1ccc(C)cc1N=Cc1c(O)[nH]c2ccccc12. The summed E-state index contributed by atoms with van der Waals surface area (Å²) in [5, 5.41) is 11.0. The lowest BCUT2D eigenvalue weighted by molar-refractivity contribution is 0.416. The number of ether oxygens (including phenoxy) is 1. The fourth-order valence-corrected chi connectivity index (χ4v) is 2.32. The number of fused-ring (bicyclic) bond motifs is 1. The maximum Gasteiger partial charge on any atom is 0.198 e. The Kier molecular flexibility index (Phi) is 3.36. The molecule has 0 fully saturated rings. The first-order valence-corrected chi connectivity index (χ1v) is 6.67. The third-order valence-electron chi connectivity index (χ3n) is 3.39. The van der Waals surface area contributed by atoms with Gasteiger partial charge >= 0.3 is 0 Å². The summed E-state index contributed by atoms with van der Waals surface area (Å²) in [5.74, 6) is 0.822. The van der Waals surface area contributed by atoms with E-state index in [9.17, 15) is 5.11 Å². The minimum atomic E-state index is 0.117. The van der Waals surface area contributed by atoms with Gasteiger partial charge in [-0.3, -0.25) is 4.99 Å². The fourth-order valence-electron chi connectivity index (χ4n) is 2.32. The van der Waals surface area contributed by atoms with Gasteiger partial charge in [0, 0.05) is 17.1 Å². The lowest BCUT2D eigenvalue weighted by atomic mass is 10.2. The van der Waals surface area contributed by atoms with Crippen LogP contribution in [0.5, 0.6) is 11.6 Å². The second-order valence-corrected chi connectivity index (χ2v) is 4.87. The second-order valence-electron chi connectivity index (χ2n) is 4.87. The van der Waals surface area contributed by atoms with E-state index in [0.29, 0.717) is 11.3 Å². The van der Waals surface area contributed by atoms with E-state index in [1.807, 2.05) is 49.4 Å². The third kappa shape index (κ3) is 2.48. The molecule has 2 aromatic carbocycles. The van der Waals surface area contributed by atoms with E-state index in [1.54, 1.807) is 13.3 Å². The Bertz CT molecular complexity index is 819. The lowest BCUT2D eigenvalue weighted by Crippen LogP contribution is -1.85. The monoisotopic (exact) mass is 280 g/mol. The third-order valence-corrected chi connectivity index (χ3v) is 3.39. The molecule has 0 aliphatic rings. The molecule has 0 radical (unpaired) electrons. The van der Waals surface area contributed by atoms with E-state index in [4.69, 9.17) is 4.74 Å². The van der Waals surface area contributed by atoms with Crippen LogP contribution in [-0.4, -0.2) is 23.4 Å². The van der Waals surface area contributed by atoms with E-state index in [2.05, 4.69) is 9.98 Å². The number of aliphatic imine (C=N–C) groups is 1. The minimum Gasteiger partial charge on any atom is -0.494 e. The van der Waals surface area contributed by atoms with E-state index < -0.39 is 0 Å². The number of para-hydroxylation sites is 1. The molecule has 0 spiro atoms. The number of aromatic nitrogens is 1. The Labute approximate surface area is 122 Å². The number of aromatic amines is 1. The van der Waals surface area contributed by atoms with E-state index >= 15 is 0 Å². The average Bonchev–Trinajstić information content (AvgIpc) is 2.81. The molecule has 3 aromatic rings. The predicted octanol–water partition coefficient (Wildman–Crippen LogP) is 3.94. The highest BCUT2D eigenvalue weighted by Crippen LogP contribution is 2.30. The topological polar surface area (TPSA) is 57.6 Å². The molecule has 0 bridgehead atoms. The number of benzene rings is 2. The Balaban J connectivity index is 2.06. The van der Waals surface area contributed by atoms with E-state index in [1.165, 1.54) is 0 Å². The Hall–Kier alpha value is -2.75. The Morgan fingerprint density at radius 3 is 2.81 bits per heavy atom. The maximum absolute atomic E-state index is 10.0. The number of nitrogens with zero attached hydrogens (tertiary/aromatic N) is 1. The molecule has 0 aliphatic heterocycles. The molecule has 0 amide bonds. The first-order valence-electron chi connectivity index (χ1n) is 6.67. The van der Waals surface area contributed by atoms with Crippen molar-refractivity contribution in [2.45, 2.75) is 6.92 Å². The normalized spacial score (nSPS) is 11.3. The van der Waals surface area contributed by atoms with Crippen LogP contribution in [0.15, 0.2) is 47.5 Å². The molecule has 21 heavy (non-hydrogen) atoms. The Morgan fingerprint density at radius 2 is 2.00 bits per heavy atom. The largest absolute Gasteiger partial charge is 0.494 e. The number of rotatable bonds is 3. The second kappa shape index (κ2) is 5.32. The molecule has 1 aromatic heterocycles. The van der Waals surface area contributed by atoms with Gasteiger partial charge in [0.1, 0.15) is 11.4 Å². The zero-order valence-corrected chi connectivity index (χ0v) is 11.9. The molecular weight excluding hydrogens is 264 g/mol. The maximum atomic E-state index is 10.0. The summed E-state index contributed by atoms with van der Waals surface area (Å²) in [6.07, 6.45) is 1.66. The highest BCUT2D eigenvalue weighted by Gasteiger charge is 2.08. The molecule has 0 saturated heterocycles. The van der Waals surface area contributed by atoms with Crippen LogP contribution in [0.1, 0.15) is 11.1 Å². The number of hydrogen-bond acceptors (Lipinski definition) is 3. The van der Waals surface area contributed by atoms with Crippen molar-refractivity contribution in [2.24, 2.45) is 4.99 Å². The van der Waals surface area contributed by atoms with Crippen LogP contribution in [0.3, 0.4) is 0 Å². The molecule has 0 atom stereocenters. The van der Waals surface area contributed by atoms with Crippen molar-refractivity contribution >= 4 is 22.8 Å². The molecule has 106 valence electrons. The molecule has 1 heterocycles. The zero-order valence-electron chi connectivity index (χ0n) is 11.9. The van der Waals surface area contributed by atoms with Gasteiger partial charge in [-0.1, -0.05) is 24.3 Å². The van der Waals surface area contributed by atoms with Gasteiger partial charge in [-0.25, -0.2) is 0 Å². The Morgan fingerprint density at radius 1 is 1.19 bits per heavy atom. The minimum absolute atomic E-state index is 0.117. The van der Waals surface area contributed by atoms with Crippen molar-refractivity contribution in [3.05, 3.63) is 53.6 Å². The number of nitrogens with one attached hydrogen (secondary N) is 1. The van der Waals surface area contributed by atoms with Crippen molar-refractivity contribution < 1.29 is 9.84 Å². The van der Waals surface area contributed by atoms with Crippen molar-refractivity contribution in [1.29, 1.82) is 0 Å². The average molecular weight is 280 g/mol. The lowest BCUT2D eigenvalue weighted by Gasteiger charge is -2.04. The van der Waals surface area contributed by atoms with E-state index in [-0.39, 0.29) is 5.88 Å². The van der Waals surface area contributed by atoms with E-state index in [0.717, 1.165) is 22.2 Å². The summed E-state index contributed by atoms with van der Waals surface area (Å²) in [6.45, 7) is 2.00. The predicted molar refractivity (Wildman–Crippen MR) is 84.9 cm³/mol. The molecule has 4 nitrogen and oxygen atoms in total. The molecular formula is C17H16N2O2. The van der Waals surface area contributed by atoms with Crippen molar-refractivity contribution in [1.82, 2.24) is 4.98 Å². The summed E-state index contributed by atoms with van der Waals surface area (Å²) in [7, 11) is 1.62. The number of H-pyrrole nitrogens is 1. The molecule has 2 N–H and O–H groups in total. The summed E-state index contributed by atoms with van der Waals surface area (Å²) >= 11 is 0. The first kappa shape index (κ1) is 13.2. The van der Waals surface area contributed by atoms with Crippen LogP contribution >= 0.6 is 0 Å². The van der Waals surface area contributed by atoms with Crippen LogP contribution < -0.4 is 4.74 Å². The summed E-state index contributed by atoms with van der Waals surface area (Å²) in [6, 6.07) is 13.5. The molecule has 0 saturated carbocycles. The molecule has 4 heteroatoms. The highest BCUT2D eigenvalue weighted by atomic mass is 16.5. The van der Waals surface area contributed by atoms with Gasteiger partial charge in [-0.2, -0.15) is 0 Å². The van der Waals surface area contributed by atoms with Gasteiger partial charge in [-0.15, -0.1) is 0 Å². The number of methoxy groups -OCH3 is 1. The number of aromatic hydroxyl groups is 1. The number of aryl methyl sites for hydroxylation is 1. The van der Waals surface area contributed by atoms with Crippen LogP contribution in [0, 0.1) is 6.92 Å².